The highest BCUT2D eigenvalue weighted by Crippen LogP contribution is 2.23. The molecule has 6 heteroatoms. The van der Waals surface area contributed by atoms with Crippen molar-refractivity contribution in [3.63, 3.8) is 0 Å². The molecule has 1 aromatic carbocycles. The van der Waals surface area contributed by atoms with Crippen molar-refractivity contribution in [3.8, 4) is 0 Å². The lowest BCUT2D eigenvalue weighted by Crippen LogP contribution is -2.31. The molecule has 0 radical (unpaired) electrons. The fourth-order valence-electron chi connectivity index (χ4n) is 1.39. The minimum absolute atomic E-state index is 0.129. The molecule has 0 amide bonds. The topological polar surface area (TPSA) is 58.4 Å². The van der Waals surface area contributed by atoms with Crippen LogP contribution in [0.5, 0.6) is 0 Å². The fraction of sp³-hybridized carbons (Fsp3) is 0.500. The van der Waals surface area contributed by atoms with Crippen LogP contribution in [-0.2, 0) is 0 Å². The number of non-ortho nitro benzene ring substituents is 1. The third kappa shape index (κ3) is 4.41. The van der Waals surface area contributed by atoms with E-state index in [4.69, 9.17) is 0 Å². The molecule has 5 nitrogen and oxygen atoms in total. The average molecular weight is 363 g/mol. The van der Waals surface area contributed by atoms with Crippen molar-refractivity contribution >= 4 is 34.0 Å². The average Bonchev–Trinajstić information content (AvgIpc) is 2.30. The van der Waals surface area contributed by atoms with Gasteiger partial charge in [-0.05, 0) is 49.6 Å². The molecule has 0 spiro atoms. The molecule has 0 fully saturated rings. The van der Waals surface area contributed by atoms with Crippen molar-refractivity contribution in [2.24, 2.45) is 0 Å². The van der Waals surface area contributed by atoms with E-state index in [2.05, 4.69) is 53.7 Å². The Labute approximate surface area is 121 Å². The molecule has 1 aromatic rings. The highest BCUT2D eigenvalue weighted by molar-refractivity contribution is 14.1. The zero-order chi connectivity index (χ0) is 13.7. The van der Waals surface area contributed by atoms with Crippen LogP contribution in [0.2, 0.25) is 0 Å². The molecule has 0 saturated carbocycles. The molecule has 0 aromatic heterocycles. The second-order valence-corrected chi connectivity index (χ2v) is 5.58. The van der Waals surface area contributed by atoms with E-state index in [1.165, 1.54) is 6.07 Å². The molecule has 1 N–H and O–H groups in total. The number of nitro benzene ring substituents is 1. The lowest BCUT2D eigenvalue weighted by molar-refractivity contribution is -0.384. The third-order valence-corrected chi connectivity index (χ3v) is 3.72. The van der Waals surface area contributed by atoms with Crippen LogP contribution in [0.25, 0.3) is 0 Å². The normalized spacial score (nSPS) is 11.0. The fourth-order valence-corrected chi connectivity index (χ4v) is 2.08. The monoisotopic (exact) mass is 363 g/mol. The minimum Gasteiger partial charge on any atom is -0.383 e. The first-order valence-corrected chi connectivity index (χ1v) is 6.87. The maximum atomic E-state index is 10.6. The number of nitro groups is 1. The van der Waals surface area contributed by atoms with E-state index in [0.717, 1.165) is 22.3 Å². The first-order chi connectivity index (χ1) is 8.41. The van der Waals surface area contributed by atoms with Gasteiger partial charge in [0, 0.05) is 40.5 Å². The van der Waals surface area contributed by atoms with Gasteiger partial charge in [0.15, 0.2) is 0 Å². The Morgan fingerprint density at radius 2 is 2.17 bits per heavy atom. The summed E-state index contributed by atoms with van der Waals surface area (Å²) in [4.78, 5) is 12.5. The Bertz CT molecular complexity index is 424. The van der Waals surface area contributed by atoms with E-state index in [1.807, 2.05) is 0 Å². The van der Waals surface area contributed by atoms with Crippen LogP contribution in [0.1, 0.15) is 13.8 Å². The van der Waals surface area contributed by atoms with Gasteiger partial charge in [0.2, 0.25) is 0 Å². The molecule has 0 aliphatic carbocycles. The molecule has 1 rings (SSSR count). The Morgan fingerprint density at radius 1 is 1.50 bits per heavy atom. The van der Waals surface area contributed by atoms with Crippen LogP contribution in [0, 0.1) is 13.7 Å². The molecule has 0 unspecified atom stereocenters. The lowest BCUT2D eigenvalue weighted by Gasteiger charge is -2.21. The third-order valence-electron chi connectivity index (χ3n) is 2.82. The summed E-state index contributed by atoms with van der Waals surface area (Å²) in [7, 11) is 2.08. The van der Waals surface area contributed by atoms with Gasteiger partial charge in [-0.1, -0.05) is 0 Å². The summed E-state index contributed by atoms with van der Waals surface area (Å²) < 4.78 is 0.869. The summed E-state index contributed by atoms with van der Waals surface area (Å²) in [6.45, 7) is 6.05. The number of halogens is 1. The van der Waals surface area contributed by atoms with Crippen LogP contribution in [0.15, 0.2) is 18.2 Å². The highest BCUT2D eigenvalue weighted by Gasteiger charge is 2.09. The van der Waals surface area contributed by atoms with Gasteiger partial charge < -0.3 is 10.2 Å². The SMILES string of the molecule is CC(C)N(C)CCNc1ccc([N+](=O)[O-])cc1I. The van der Waals surface area contributed by atoms with Crippen molar-refractivity contribution in [3.05, 3.63) is 31.9 Å². The van der Waals surface area contributed by atoms with Crippen LogP contribution in [-0.4, -0.2) is 36.0 Å². The molecule has 0 atom stereocenters. The summed E-state index contributed by atoms with van der Waals surface area (Å²) in [5.41, 5.74) is 1.07. The zero-order valence-electron chi connectivity index (χ0n) is 10.8. The van der Waals surface area contributed by atoms with Gasteiger partial charge in [0.05, 0.1) is 4.92 Å². The summed E-state index contributed by atoms with van der Waals surface area (Å²) >= 11 is 2.11. The number of hydrogen-bond acceptors (Lipinski definition) is 4. The molecule has 18 heavy (non-hydrogen) atoms. The van der Waals surface area contributed by atoms with E-state index in [1.54, 1.807) is 12.1 Å². The van der Waals surface area contributed by atoms with Gasteiger partial charge in [-0.25, -0.2) is 0 Å². The van der Waals surface area contributed by atoms with Crippen LogP contribution >= 0.6 is 22.6 Å². The van der Waals surface area contributed by atoms with E-state index < -0.39 is 0 Å². The van der Waals surface area contributed by atoms with Gasteiger partial charge >= 0.3 is 0 Å². The Hall–Kier alpha value is -0.890. The van der Waals surface area contributed by atoms with Crippen molar-refractivity contribution < 1.29 is 4.92 Å². The second kappa shape index (κ2) is 6.89. The predicted octanol–water partition coefficient (Wildman–Crippen LogP) is 2.95. The first-order valence-electron chi connectivity index (χ1n) is 5.80. The zero-order valence-corrected chi connectivity index (χ0v) is 13.0. The number of rotatable bonds is 6. The van der Waals surface area contributed by atoms with Crippen molar-refractivity contribution in [2.45, 2.75) is 19.9 Å². The van der Waals surface area contributed by atoms with Gasteiger partial charge in [0.1, 0.15) is 0 Å². The van der Waals surface area contributed by atoms with E-state index in [9.17, 15) is 10.1 Å². The number of anilines is 1. The standard InChI is InChI=1S/C12H18IN3O2/c1-9(2)15(3)7-6-14-12-5-4-10(16(17)18)8-11(12)13/h4-5,8-9,14H,6-7H2,1-3H3. The molecule has 0 bridgehead atoms. The summed E-state index contributed by atoms with van der Waals surface area (Å²) in [6, 6.07) is 5.38. The van der Waals surface area contributed by atoms with Crippen LogP contribution in [0.4, 0.5) is 11.4 Å². The number of likely N-dealkylation sites (N-methyl/N-ethyl adjacent to an activating group) is 1. The van der Waals surface area contributed by atoms with Crippen LogP contribution in [0.3, 0.4) is 0 Å². The van der Waals surface area contributed by atoms with E-state index >= 15 is 0 Å². The molecular weight excluding hydrogens is 345 g/mol. The summed E-state index contributed by atoms with van der Waals surface area (Å²) in [5, 5.41) is 13.9. The van der Waals surface area contributed by atoms with Gasteiger partial charge in [-0.15, -0.1) is 0 Å². The largest absolute Gasteiger partial charge is 0.383 e. The maximum Gasteiger partial charge on any atom is 0.270 e. The lowest BCUT2D eigenvalue weighted by atomic mass is 10.3. The second-order valence-electron chi connectivity index (χ2n) is 4.42. The van der Waals surface area contributed by atoms with Crippen molar-refractivity contribution in [1.29, 1.82) is 0 Å². The quantitative estimate of drug-likeness (QED) is 0.480. The number of nitrogens with zero attached hydrogens (tertiary/aromatic N) is 2. The van der Waals surface area contributed by atoms with E-state index in [0.29, 0.717) is 6.04 Å². The summed E-state index contributed by atoms with van der Waals surface area (Å²) in [6.07, 6.45) is 0. The summed E-state index contributed by atoms with van der Waals surface area (Å²) in [5.74, 6) is 0. The smallest absolute Gasteiger partial charge is 0.270 e. The Kier molecular flexibility index (Phi) is 5.80. The Balaban J connectivity index is 2.56. The number of benzene rings is 1. The van der Waals surface area contributed by atoms with Crippen molar-refractivity contribution in [1.82, 2.24) is 4.90 Å². The maximum absolute atomic E-state index is 10.6. The van der Waals surface area contributed by atoms with Gasteiger partial charge in [0.25, 0.3) is 5.69 Å². The van der Waals surface area contributed by atoms with Gasteiger partial charge in [-0.3, -0.25) is 10.1 Å². The van der Waals surface area contributed by atoms with Crippen LogP contribution < -0.4 is 5.32 Å². The predicted molar refractivity (Wildman–Crippen MR) is 82.1 cm³/mol. The molecule has 0 saturated heterocycles. The Morgan fingerprint density at radius 3 is 2.67 bits per heavy atom. The molecule has 0 heterocycles. The minimum atomic E-state index is -0.377. The van der Waals surface area contributed by atoms with E-state index in [-0.39, 0.29) is 10.6 Å². The highest BCUT2D eigenvalue weighted by atomic mass is 127. The molecule has 100 valence electrons. The number of nitrogens with one attached hydrogen (secondary N) is 1. The number of hydrogen-bond donors (Lipinski definition) is 1. The molecule has 0 aliphatic heterocycles. The molecule has 0 aliphatic rings. The van der Waals surface area contributed by atoms with Gasteiger partial charge in [-0.2, -0.15) is 0 Å². The molecular formula is C12H18IN3O2. The van der Waals surface area contributed by atoms with Crippen molar-refractivity contribution in [2.75, 3.05) is 25.5 Å². The first kappa shape index (κ1) is 15.2.